The Bertz CT molecular complexity index is 917. The number of carbonyl (C=O) groups is 1. The van der Waals surface area contributed by atoms with Crippen LogP contribution in [0.3, 0.4) is 0 Å². The van der Waals surface area contributed by atoms with E-state index in [4.69, 9.17) is 9.47 Å². The maximum atomic E-state index is 12.8. The summed E-state index contributed by atoms with van der Waals surface area (Å²) in [4.78, 5) is 27.5. The Labute approximate surface area is 177 Å². The number of rotatable bonds is 8. The van der Waals surface area contributed by atoms with Crippen LogP contribution in [0.4, 0.5) is 5.69 Å². The lowest BCUT2D eigenvalue weighted by Gasteiger charge is -2.31. The number of nitrogens with one attached hydrogen (secondary N) is 1. The summed E-state index contributed by atoms with van der Waals surface area (Å²) in [5.41, 5.74) is 1.27. The number of methoxy groups -OCH3 is 1. The molecule has 1 fully saturated rings. The van der Waals surface area contributed by atoms with Crippen molar-refractivity contribution < 1.29 is 14.3 Å². The molecule has 0 spiro atoms. The van der Waals surface area contributed by atoms with E-state index in [2.05, 4.69) is 17.1 Å². The van der Waals surface area contributed by atoms with Crippen LogP contribution >= 0.6 is 0 Å². The number of amides is 1. The first kappa shape index (κ1) is 21.9. The van der Waals surface area contributed by atoms with Gasteiger partial charge in [-0.2, -0.15) is 0 Å². The number of hydrogen-bond donors (Lipinski definition) is 1. The Hall–Kier alpha value is -2.80. The van der Waals surface area contributed by atoms with Crippen LogP contribution in [0.25, 0.3) is 0 Å². The van der Waals surface area contributed by atoms with E-state index < -0.39 is 0 Å². The molecule has 0 aliphatic carbocycles. The molecule has 1 aliphatic heterocycles. The van der Waals surface area contributed by atoms with E-state index in [1.54, 1.807) is 16.8 Å². The number of likely N-dealkylation sites (tertiary alicyclic amines) is 1. The van der Waals surface area contributed by atoms with Gasteiger partial charge in [-0.05, 0) is 50.9 Å². The molecule has 30 heavy (non-hydrogen) atoms. The number of aromatic nitrogens is 1. The molecular weight excluding hydrogens is 382 g/mol. The number of ether oxygens (including phenoxy) is 2. The molecule has 1 aliphatic rings. The number of carbonyl (C=O) groups excluding carboxylic acids is 1. The average molecular weight is 414 g/mol. The van der Waals surface area contributed by atoms with Crippen molar-refractivity contribution in [2.24, 2.45) is 5.92 Å². The number of benzene rings is 1. The van der Waals surface area contributed by atoms with Crippen molar-refractivity contribution in [1.29, 1.82) is 0 Å². The molecule has 7 nitrogen and oxygen atoms in total. The zero-order valence-electron chi connectivity index (χ0n) is 18.0. The molecule has 1 saturated heterocycles. The lowest BCUT2D eigenvalue weighted by molar-refractivity contribution is -0.116. The maximum Gasteiger partial charge on any atom is 0.244 e. The standard InChI is InChI=1S/C23H31N3O4/c1-4-30-21-8-6-5-7-19(21)24-23(28)16-26-15-22(29-3)20(27)13-18(26)14-25-11-9-17(2)10-12-25/h5-8,13,15,17H,4,9-12,14,16H2,1-3H3,(H,24,28). The van der Waals surface area contributed by atoms with Crippen molar-refractivity contribution in [1.82, 2.24) is 9.47 Å². The summed E-state index contributed by atoms with van der Waals surface area (Å²) in [6.07, 6.45) is 3.92. The molecule has 0 radical (unpaired) electrons. The third-order valence-electron chi connectivity index (χ3n) is 5.44. The monoisotopic (exact) mass is 413 g/mol. The SMILES string of the molecule is CCOc1ccccc1NC(=O)Cn1cc(OC)c(=O)cc1CN1CCC(C)CC1. The van der Waals surface area contributed by atoms with Gasteiger partial charge in [-0.25, -0.2) is 0 Å². The molecular formula is C23H31N3O4. The smallest absolute Gasteiger partial charge is 0.244 e. The van der Waals surface area contributed by atoms with Crippen molar-refractivity contribution in [2.45, 2.75) is 39.8 Å². The summed E-state index contributed by atoms with van der Waals surface area (Å²) < 4.78 is 12.6. The highest BCUT2D eigenvalue weighted by molar-refractivity contribution is 5.92. The number of nitrogens with zero attached hydrogens (tertiary/aromatic N) is 2. The number of pyridine rings is 1. The molecule has 1 amide bonds. The van der Waals surface area contributed by atoms with Gasteiger partial charge in [0.2, 0.25) is 11.3 Å². The second-order valence-corrected chi connectivity index (χ2v) is 7.76. The Kier molecular flexibility index (Phi) is 7.52. The summed E-state index contributed by atoms with van der Waals surface area (Å²) in [6, 6.07) is 8.93. The van der Waals surface area contributed by atoms with E-state index in [-0.39, 0.29) is 23.6 Å². The molecule has 1 aromatic carbocycles. The van der Waals surface area contributed by atoms with Gasteiger partial charge in [0.15, 0.2) is 5.75 Å². The lowest BCUT2D eigenvalue weighted by Crippen LogP contribution is -2.34. The highest BCUT2D eigenvalue weighted by atomic mass is 16.5. The minimum absolute atomic E-state index is 0.0800. The van der Waals surface area contributed by atoms with Gasteiger partial charge in [0.25, 0.3) is 0 Å². The van der Waals surface area contributed by atoms with E-state index in [1.165, 1.54) is 7.11 Å². The first-order valence-corrected chi connectivity index (χ1v) is 10.5. The van der Waals surface area contributed by atoms with Crippen molar-refractivity contribution in [3.63, 3.8) is 0 Å². The Morgan fingerprint density at radius 2 is 1.93 bits per heavy atom. The Morgan fingerprint density at radius 3 is 2.63 bits per heavy atom. The maximum absolute atomic E-state index is 12.8. The number of hydrogen-bond acceptors (Lipinski definition) is 5. The zero-order valence-corrected chi connectivity index (χ0v) is 18.0. The Morgan fingerprint density at radius 1 is 1.20 bits per heavy atom. The van der Waals surface area contributed by atoms with Crippen LogP contribution in [0.15, 0.2) is 41.3 Å². The molecule has 3 rings (SSSR count). The van der Waals surface area contributed by atoms with Gasteiger partial charge in [0, 0.05) is 18.3 Å². The molecule has 7 heteroatoms. The number of anilines is 1. The van der Waals surface area contributed by atoms with E-state index >= 15 is 0 Å². The second kappa shape index (κ2) is 10.3. The van der Waals surface area contributed by atoms with Crippen LogP contribution in [-0.2, 0) is 17.9 Å². The molecule has 1 N–H and O–H groups in total. The van der Waals surface area contributed by atoms with E-state index in [0.717, 1.165) is 37.5 Å². The van der Waals surface area contributed by atoms with Gasteiger partial charge in [0.05, 0.1) is 25.6 Å². The molecule has 2 heterocycles. The quantitative estimate of drug-likeness (QED) is 0.720. The molecule has 0 unspecified atom stereocenters. The molecule has 1 aromatic heterocycles. The lowest BCUT2D eigenvalue weighted by atomic mass is 9.99. The molecule has 0 bridgehead atoms. The fourth-order valence-electron chi connectivity index (χ4n) is 3.68. The van der Waals surface area contributed by atoms with Crippen LogP contribution in [0, 0.1) is 5.92 Å². The average Bonchev–Trinajstić information content (AvgIpc) is 2.73. The predicted molar refractivity (Wildman–Crippen MR) is 117 cm³/mol. The predicted octanol–water partition coefficient (Wildman–Crippen LogP) is 3.13. The first-order chi connectivity index (χ1) is 14.5. The third kappa shape index (κ3) is 5.63. The van der Waals surface area contributed by atoms with Crippen LogP contribution in [0.5, 0.6) is 11.5 Å². The normalized spacial score (nSPS) is 15.0. The summed E-state index contributed by atoms with van der Waals surface area (Å²) in [7, 11) is 1.46. The largest absolute Gasteiger partial charge is 0.492 e. The highest BCUT2D eigenvalue weighted by Crippen LogP contribution is 2.24. The summed E-state index contributed by atoms with van der Waals surface area (Å²) in [6.45, 7) is 7.39. The van der Waals surface area contributed by atoms with Crippen LogP contribution in [0.2, 0.25) is 0 Å². The van der Waals surface area contributed by atoms with Crippen molar-refractivity contribution in [3.8, 4) is 11.5 Å². The number of piperidine rings is 1. The second-order valence-electron chi connectivity index (χ2n) is 7.76. The van der Waals surface area contributed by atoms with Gasteiger partial charge in [-0.15, -0.1) is 0 Å². The van der Waals surface area contributed by atoms with Crippen molar-refractivity contribution >= 4 is 11.6 Å². The highest BCUT2D eigenvalue weighted by Gasteiger charge is 2.19. The van der Waals surface area contributed by atoms with Gasteiger partial charge in [0.1, 0.15) is 12.3 Å². The molecule has 0 atom stereocenters. The molecule has 2 aromatic rings. The summed E-state index contributed by atoms with van der Waals surface area (Å²) in [5.74, 6) is 1.40. The van der Waals surface area contributed by atoms with Gasteiger partial charge in [-0.3, -0.25) is 14.5 Å². The minimum Gasteiger partial charge on any atom is -0.492 e. The van der Waals surface area contributed by atoms with Crippen molar-refractivity contribution in [3.05, 3.63) is 52.4 Å². The number of para-hydroxylation sites is 2. The summed E-state index contributed by atoms with van der Waals surface area (Å²) >= 11 is 0. The Balaban J connectivity index is 1.78. The van der Waals surface area contributed by atoms with E-state index in [0.29, 0.717) is 24.6 Å². The van der Waals surface area contributed by atoms with E-state index in [1.807, 2.05) is 31.2 Å². The molecule has 0 saturated carbocycles. The van der Waals surface area contributed by atoms with Gasteiger partial charge >= 0.3 is 0 Å². The van der Waals surface area contributed by atoms with Crippen LogP contribution < -0.4 is 20.2 Å². The molecule has 162 valence electrons. The minimum atomic E-state index is -0.193. The first-order valence-electron chi connectivity index (χ1n) is 10.5. The fourth-order valence-corrected chi connectivity index (χ4v) is 3.68. The third-order valence-corrected chi connectivity index (χ3v) is 5.44. The van der Waals surface area contributed by atoms with E-state index in [9.17, 15) is 9.59 Å². The van der Waals surface area contributed by atoms with Crippen LogP contribution in [-0.4, -0.2) is 42.2 Å². The van der Waals surface area contributed by atoms with Crippen LogP contribution in [0.1, 0.15) is 32.4 Å². The van der Waals surface area contributed by atoms with Crippen molar-refractivity contribution in [2.75, 3.05) is 32.1 Å². The zero-order chi connectivity index (χ0) is 21.5. The van der Waals surface area contributed by atoms with Gasteiger partial charge in [-0.1, -0.05) is 19.1 Å². The summed E-state index contributed by atoms with van der Waals surface area (Å²) in [5, 5.41) is 2.92. The fraction of sp³-hybridized carbons (Fsp3) is 0.478. The van der Waals surface area contributed by atoms with Gasteiger partial charge < -0.3 is 19.4 Å². The topological polar surface area (TPSA) is 72.8 Å².